The number of methoxy groups -OCH3 is 2. The molecule has 176 valence electrons. The van der Waals surface area contributed by atoms with Crippen LogP contribution >= 0.6 is 11.3 Å². The number of hydrogen-bond acceptors (Lipinski definition) is 5. The molecule has 1 unspecified atom stereocenters. The zero-order chi connectivity index (χ0) is 23.9. The molecule has 2 heterocycles. The Morgan fingerprint density at radius 1 is 0.971 bits per heavy atom. The van der Waals surface area contributed by atoms with Crippen molar-refractivity contribution in [2.45, 2.75) is 12.3 Å². The molecule has 0 spiro atoms. The summed E-state index contributed by atoms with van der Waals surface area (Å²) in [4.78, 5) is 28.7. The molecule has 0 saturated carbocycles. The van der Waals surface area contributed by atoms with Gasteiger partial charge in [-0.05, 0) is 29.1 Å². The van der Waals surface area contributed by atoms with Gasteiger partial charge in [0.25, 0.3) is 5.91 Å². The highest BCUT2D eigenvalue weighted by Crippen LogP contribution is 2.40. The number of ether oxygens (including phenoxy) is 2. The molecule has 4 aromatic rings. The molecule has 2 aromatic carbocycles. The van der Waals surface area contributed by atoms with E-state index in [-0.39, 0.29) is 30.7 Å². The van der Waals surface area contributed by atoms with E-state index in [1.807, 2.05) is 54.0 Å². The number of aromatic nitrogens is 1. The van der Waals surface area contributed by atoms with E-state index in [1.54, 1.807) is 20.3 Å². The molecule has 0 radical (unpaired) electrons. The van der Waals surface area contributed by atoms with Crippen LogP contribution in [0.4, 0.5) is 0 Å². The Hall–Kier alpha value is -3.78. The van der Waals surface area contributed by atoms with Gasteiger partial charge in [-0.2, -0.15) is 0 Å². The van der Waals surface area contributed by atoms with E-state index < -0.39 is 0 Å². The van der Waals surface area contributed by atoms with Gasteiger partial charge in [-0.15, -0.1) is 11.3 Å². The topological polar surface area (TPSA) is 92.5 Å². The van der Waals surface area contributed by atoms with Crippen LogP contribution in [0.1, 0.15) is 33.1 Å². The molecule has 2 amide bonds. The fourth-order valence-corrected chi connectivity index (χ4v) is 4.68. The third-order valence-corrected chi connectivity index (χ3v) is 6.56. The lowest BCUT2D eigenvalue weighted by molar-refractivity contribution is -0.120. The molecule has 8 heteroatoms. The fraction of sp³-hybridized carbons (Fsp3) is 0.231. The summed E-state index contributed by atoms with van der Waals surface area (Å²) in [6.07, 6.45) is 2.16. The van der Waals surface area contributed by atoms with Crippen LogP contribution in [0.3, 0.4) is 0 Å². The number of thiophene rings is 1. The highest BCUT2D eigenvalue weighted by Gasteiger charge is 2.24. The average molecular weight is 478 g/mol. The molecule has 34 heavy (non-hydrogen) atoms. The number of rotatable bonds is 10. The number of para-hydroxylation sites is 2. The van der Waals surface area contributed by atoms with E-state index >= 15 is 0 Å². The average Bonchev–Trinajstić information content (AvgIpc) is 3.55. The minimum absolute atomic E-state index is 0.141. The molecule has 0 aliphatic heterocycles. The van der Waals surface area contributed by atoms with Crippen molar-refractivity contribution < 1.29 is 19.1 Å². The van der Waals surface area contributed by atoms with E-state index in [1.165, 1.54) is 11.3 Å². The fourth-order valence-electron chi connectivity index (χ4n) is 4.04. The Morgan fingerprint density at radius 2 is 1.82 bits per heavy atom. The Bertz CT molecular complexity index is 1270. The van der Waals surface area contributed by atoms with Gasteiger partial charge in [-0.1, -0.05) is 36.4 Å². The van der Waals surface area contributed by atoms with Crippen LogP contribution in [0.2, 0.25) is 0 Å². The second kappa shape index (κ2) is 10.9. The molecule has 1 atom stereocenters. The second-order valence-electron chi connectivity index (χ2n) is 7.71. The molecule has 2 aromatic heterocycles. The van der Waals surface area contributed by atoms with E-state index in [2.05, 4.69) is 21.7 Å². The van der Waals surface area contributed by atoms with Crippen molar-refractivity contribution in [2.24, 2.45) is 0 Å². The predicted octanol–water partition coefficient (Wildman–Crippen LogP) is 4.31. The van der Waals surface area contributed by atoms with Crippen molar-refractivity contribution in [1.82, 2.24) is 15.6 Å². The predicted molar refractivity (Wildman–Crippen MR) is 134 cm³/mol. The number of H-pyrrole nitrogens is 1. The summed E-state index contributed by atoms with van der Waals surface area (Å²) in [5, 5.41) is 8.75. The number of carbonyl (C=O) groups is 2. The third-order valence-electron chi connectivity index (χ3n) is 5.69. The number of nitrogens with one attached hydrogen (secondary N) is 3. The first kappa shape index (κ1) is 23.4. The van der Waals surface area contributed by atoms with Crippen LogP contribution in [-0.2, 0) is 4.79 Å². The van der Waals surface area contributed by atoms with Crippen molar-refractivity contribution in [1.29, 1.82) is 0 Å². The molecule has 0 saturated heterocycles. The number of carbonyl (C=O) groups excluding carboxylic acids is 2. The molecule has 4 rings (SSSR count). The molecule has 0 aliphatic carbocycles. The van der Waals surface area contributed by atoms with E-state index in [0.717, 1.165) is 22.0 Å². The first-order valence-corrected chi connectivity index (χ1v) is 11.9. The summed E-state index contributed by atoms with van der Waals surface area (Å²) in [5.41, 5.74) is 2.98. The minimum atomic E-state index is -0.175. The normalized spacial score (nSPS) is 11.7. The van der Waals surface area contributed by atoms with Gasteiger partial charge in [-0.3, -0.25) is 9.59 Å². The maximum Gasteiger partial charge on any atom is 0.261 e. The zero-order valence-electron chi connectivity index (χ0n) is 19.1. The summed E-state index contributed by atoms with van der Waals surface area (Å²) in [6, 6.07) is 17.4. The molecular weight excluding hydrogens is 450 g/mol. The monoisotopic (exact) mass is 477 g/mol. The van der Waals surface area contributed by atoms with Gasteiger partial charge in [0.1, 0.15) is 0 Å². The summed E-state index contributed by atoms with van der Waals surface area (Å²) in [6.45, 7) is 0.631. The van der Waals surface area contributed by atoms with Crippen molar-refractivity contribution >= 4 is 34.1 Å². The Morgan fingerprint density at radius 3 is 2.59 bits per heavy atom. The van der Waals surface area contributed by atoms with E-state index in [9.17, 15) is 9.59 Å². The van der Waals surface area contributed by atoms with E-state index in [4.69, 9.17) is 9.47 Å². The largest absolute Gasteiger partial charge is 0.493 e. The summed E-state index contributed by atoms with van der Waals surface area (Å²) < 4.78 is 11.2. The van der Waals surface area contributed by atoms with Crippen molar-refractivity contribution in [3.8, 4) is 11.5 Å². The second-order valence-corrected chi connectivity index (χ2v) is 8.66. The first-order chi connectivity index (χ1) is 16.6. The van der Waals surface area contributed by atoms with Crippen LogP contribution in [0.15, 0.2) is 66.2 Å². The van der Waals surface area contributed by atoms with Crippen LogP contribution in [0.5, 0.6) is 11.5 Å². The van der Waals surface area contributed by atoms with Crippen LogP contribution in [-0.4, -0.2) is 44.1 Å². The smallest absolute Gasteiger partial charge is 0.261 e. The van der Waals surface area contributed by atoms with Gasteiger partial charge >= 0.3 is 0 Å². The van der Waals surface area contributed by atoms with Crippen molar-refractivity contribution in [3.05, 3.63) is 82.2 Å². The highest BCUT2D eigenvalue weighted by atomic mass is 32.1. The quantitative estimate of drug-likeness (QED) is 0.317. The number of aromatic amines is 1. The lowest BCUT2D eigenvalue weighted by Gasteiger charge is -2.22. The van der Waals surface area contributed by atoms with Gasteiger partial charge < -0.3 is 25.1 Å². The Labute approximate surface area is 202 Å². The lowest BCUT2D eigenvalue weighted by Crippen LogP contribution is -2.33. The lowest BCUT2D eigenvalue weighted by atomic mass is 9.89. The molecule has 0 fully saturated rings. The maximum absolute atomic E-state index is 12.6. The number of benzene rings is 2. The van der Waals surface area contributed by atoms with Crippen LogP contribution in [0, 0.1) is 0 Å². The van der Waals surface area contributed by atoms with Gasteiger partial charge in [-0.25, -0.2) is 0 Å². The van der Waals surface area contributed by atoms with Gasteiger partial charge in [0.05, 0.1) is 19.1 Å². The first-order valence-electron chi connectivity index (χ1n) is 11.0. The third kappa shape index (κ3) is 5.07. The minimum Gasteiger partial charge on any atom is -0.493 e. The van der Waals surface area contributed by atoms with Crippen LogP contribution in [0.25, 0.3) is 10.9 Å². The standard InChI is InChI=1S/C26H27N3O4S/c1-32-22-10-5-8-18(25(22)33-2)20(19-15-28-21-9-4-3-7-17(19)21)16-29-24(30)12-13-27-26(31)23-11-6-14-34-23/h3-11,14-15,20,28H,12-13,16H2,1-2H3,(H,27,31)(H,29,30). The maximum atomic E-state index is 12.6. The molecular formula is C26H27N3O4S. The highest BCUT2D eigenvalue weighted by molar-refractivity contribution is 7.12. The molecule has 3 N–H and O–H groups in total. The zero-order valence-corrected chi connectivity index (χ0v) is 19.9. The molecule has 7 nitrogen and oxygen atoms in total. The SMILES string of the molecule is COc1cccc(C(CNC(=O)CCNC(=O)c2cccs2)c2c[nH]c3ccccc23)c1OC. The number of amides is 2. The Balaban J connectivity index is 1.51. The number of fused-ring (bicyclic) bond motifs is 1. The van der Waals surface area contributed by atoms with Gasteiger partial charge in [0.2, 0.25) is 5.91 Å². The Kier molecular flexibility index (Phi) is 7.49. The summed E-state index contributed by atoms with van der Waals surface area (Å²) in [5.74, 6) is 0.787. The molecule has 0 aliphatic rings. The van der Waals surface area contributed by atoms with Gasteiger partial charge in [0.15, 0.2) is 11.5 Å². The summed E-state index contributed by atoms with van der Waals surface area (Å²) >= 11 is 1.37. The van der Waals surface area contributed by atoms with Crippen LogP contribution < -0.4 is 20.1 Å². The number of hydrogen-bond donors (Lipinski definition) is 3. The summed E-state index contributed by atoms with van der Waals surface area (Å²) in [7, 11) is 3.22. The van der Waals surface area contributed by atoms with Gasteiger partial charge in [0, 0.05) is 48.1 Å². The van der Waals surface area contributed by atoms with Crippen molar-refractivity contribution in [2.75, 3.05) is 27.3 Å². The van der Waals surface area contributed by atoms with Crippen molar-refractivity contribution in [3.63, 3.8) is 0 Å². The van der Waals surface area contributed by atoms with E-state index in [0.29, 0.717) is 22.9 Å². The molecule has 0 bridgehead atoms.